The molecule has 3 heterocycles. The highest BCUT2D eigenvalue weighted by Gasteiger charge is 2.23. The molecule has 6 heteroatoms. The van der Waals surface area contributed by atoms with Crippen LogP contribution >= 0.6 is 0 Å². The molecular formula is C20H21N5O. The van der Waals surface area contributed by atoms with Crippen LogP contribution in [-0.2, 0) is 11.3 Å². The number of fused-ring (bicyclic) bond motifs is 1. The van der Waals surface area contributed by atoms with E-state index >= 15 is 0 Å². The number of amides is 1. The molecule has 4 rings (SSSR count). The average molecular weight is 347 g/mol. The largest absolute Gasteiger partial charge is 0.342 e. The van der Waals surface area contributed by atoms with Gasteiger partial charge in [-0.3, -0.25) is 4.79 Å². The van der Waals surface area contributed by atoms with E-state index in [1.165, 1.54) is 18.1 Å². The van der Waals surface area contributed by atoms with E-state index in [1.807, 2.05) is 24.3 Å². The van der Waals surface area contributed by atoms with Crippen molar-refractivity contribution in [3.63, 3.8) is 0 Å². The summed E-state index contributed by atoms with van der Waals surface area (Å²) in [7, 11) is 1.72. The molecule has 132 valence electrons. The Morgan fingerprint density at radius 3 is 2.73 bits per heavy atom. The van der Waals surface area contributed by atoms with Crippen LogP contribution in [0.4, 0.5) is 11.6 Å². The van der Waals surface area contributed by atoms with Crippen LogP contribution in [0.2, 0.25) is 0 Å². The Bertz CT molecular complexity index is 959. The van der Waals surface area contributed by atoms with Crippen molar-refractivity contribution in [1.29, 1.82) is 0 Å². The number of hydrogen-bond donors (Lipinski definition) is 0. The van der Waals surface area contributed by atoms with Crippen LogP contribution in [0.25, 0.3) is 11.2 Å². The number of rotatable bonds is 5. The maximum Gasteiger partial charge on any atom is 0.250 e. The number of benzene rings is 1. The topological polar surface area (TPSA) is 54.3 Å². The molecular weight excluding hydrogens is 326 g/mol. The maximum atomic E-state index is 11.9. The summed E-state index contributed by atoms with van der Waals surface area (Å²) in [6, 6.07) is 12.3. The number of imidazole rings is 1. The Morgan fingerprint density at radius 1 is 1.31 bits per heavy atom. The maximum absolute atomic E-state index is 11.9. The molecule has 1 fully saturated rings. The number of carbonyl (C=O) groups excluding carboxylic acids is 1. The molecule has 1 aliphatic heterocycles. The molecule has 0 atom stereocenters. The molecule has 1 aromatic carbocycles. The molecule has 0 saturated carbocycles. The first-order valence-corrected chi connectivity index (χ1v) is 8.72. The molecule has 2 aromatic heterocycles. The van der Waals surface area contributed by atoms with Crippen molar-refractivity contribution in [3.05, 3.63) is 60.8 Å². The Labute approximate surface area is 152 Å². The SMILES string of the molecule is C=CC(=O)N(C)c1cnc2nc(N3CCC3)n(Cc3ccccc3)c2c1. The first-order valence-electron chi connectivity index (χ1n) is 8.72. The molecule has 0 radical (unpaired) electrons. The highest BCUT2D eigenvalue weighted by molar-refractivity contribution is 6.01. The van der Waals surface area contributed by atoms with Crippen molar-refractivity contribution >= 4 is 28.7 Å². The zero-order valence-electron chi connectivity index (χ0n) is 14.8. The smallest absolute Gasteiger partial charge is 0.250 e. The minimum Gasteiger partial charge on any atom is -0.342 e. The van der Waals surface area contributed by atoms with Gasteiger partial charge in [-0.2, -0.15) is 4.98 Å². The fourth-order valence-corrected chi connectivity index (χ4v) is 3.11. The summed E-state index contributed by atoms with van der Waals surface area (Å²) in [5, 5.41) is 0. The van der Waals surface area contributed by atoms with Crippen molar-refractivity contribution in [3.8, 4) is 0 Å². The van der Waals surface area contributed by atoms with E-state index in [9.17, 15) is 4.79 Å². The molecule has 0 N–H and O–H groups in total. The van der Waals surface area contributed by atoms with Crippen molar-refractivity contribution in [1.82, 2.24) is 14.5 Å². The summed E-state index contributed by atoms with van der Waals surface area (Å²) in [6.07, 6.45) is 4.17. The molecule has 0 bridgehead atoms. The van der Waals surface area contributed by atoms with Crippen LogP contribution in [0.15, 0.2) is 55.3 Å². The Kier molecular flexibility index (Phi) is 4.16. The van der Waals surface area contributed by atoms with Gasteiger partial charge in [0.05, 0.1) is 23.9 Å². The highest BCUT2D eigenvalue weighted by atomic mass is 16.2. The van der Waals surface area contributed by atoms with Gasteiger partial charge < -0.3 is 14.4 Å². The van der Waals surface area contributed by atoms with Gasteiger partial charge in [0.25, 0.3) is 0 Å². The molecule has 1 aliphatic rings. The minimum absolute atomic E-state index is 0.164. The van der Waals surface area contributed by atoms with Gasteiger partial charge in [0.1, 0.15) is 0 Å². The first-order chi connectivity index (χ1) is 12.7. The summed E-state index contributed by atoms with van der Waals surface area (Å²) < 4.78 is 2.19. The van der Waals surface area contributed by atoms with Gasteiger partial charge in [-0.1, -0.05) is 36.9 Å². The van der Waals surface area contributed by atoms with E-state index < -0.39 is 0 Å². The van der Waals surface area contributed by atoms with E-state index in [0.717, 1.165) is 30.2 Å². The molecule has 1 amide bonds. The summed E-state index contributed by atoms with van der Waals surface area (Å²) in [5.74, 6) is 0.778. The van der Waals surface area contributed by atoms with Crippen LogP contribution in [-0.4, -0.2) is 40.6 Å². The van der Waals surface area contributed by atoms with Crippen molar-refractivity contribution in [2.24, 2.45) is 0 Å². The number of aromatic nitrogens is 3. The van der Waals surface area contributed by atoms with Gasteiger partial charge in [0, 0.05) is 20.1 Å². The monoisotopic (exact) mass is 347 g/mol. The lowest BCUT2D eigenvalue weighted by Gasteiger charge is -2.32. The summed E-state index contributed by atoms with van der Waals surface area (Å²) >= 11 is 0. The van der Waals surface area contributed by atoms with Crippen LogP contribution in [0.1, 0.15) is 12.0 Å². The Morgan fingerprint density at radius 2 is 2.08 bits per heavy atom. The lowest BCUT2D eigenvalue weighted by molar-refractivity contribution is -0.113. The second-order valence-electron chi connectivity index (χ2n) is 6.46. The number of hydrogen-bond acceptors (Lipinski definition) is 4. The van der Waals surface area contributed by atoms with Gasteiger partial charge in [0.2, 0.25) is 11.9 Å². The van der Waals surface area contributed by atoms with Crippen molar-refractivity contribution < 1.29 is 4.79 Å². The minimum atomic E-state index is -0.164. The van der Waals surface area contributed by atoms with Crippen LogP contribution < -0.4 is 9.80 Å². The van der Waals surface area contributed by atoms with Crippen LogP contribution in [0, 0.1) is 0 Å². The molecule has 26 heavy (non-hydrogen) atoms. The summed E-state index contributed by atoms with van der Waals surface area (Å²) in [6.45, 7) is 6.30. The van der Waals surface area contributed by atoms with E-state index in [4.69, 9.17) is 4.98 Å². The number of likely N-dealkylation sites (N-methyl/N-ethyl adjacent to an activating group) is 1. The van der Waals surface area contributed by atoms with E-state index in [0.29, 0.717) is 12.2 Å². The number of anilines is 2. The first kappa shape index (κ1) is 16.3. The predicted octanol–water partition coefficient (Wildman–Crippen LogP) is 2.84. The second kappa shape index (κ2) is 6.63. The Hall–Kier alpha value is -3.15. The van der Waals surface area contributed by atoms with E-state index in [2.05, 4.69) is 33.2 Å². The normalized spacial score (nSPS) is 13.5. The van der Waals surface area contributed by atoms with Crippen molar-refractivity contribution in [2.45, 2.75) is 13.0 Å². The fourth-order valence-electron chi connectivity index (χ4n) is 3.11. The molecule has 6 nitrogen and oxygen atoms in total. The van der Waals surface area contributed by atoms with Crippen molar-refractivity contribution in [2.75, 3.05) is 29.9 Å². The summed E-state index contributed by atoms with van der Waals surface area (Å²) in [5.41, 5.74) is 3.56. The lowest BCUT2D eigenvalue weighted by atomic mass is 10.2. The van der Waals surface area contributed by atoms with Crippen LogP contribution in [0.5, 0.6) is 0 Å². The van der Waals surface area contributed by atoms with Gasteiger partial charge in [-0.25, -0.2) is 4.98 Å². The third-order valence-corrected chi connectivity index (χ3v) is 4.79. The zero-order chi connectivity index (χ0) is 18.1. The molecule has 0 unspecified atom stereocenters. The van der Waals surface area contributed by atoms with Crippen LogP contribution in [0.3, 0.4) is 0 Å². The lowest BCUT2D eigenvalue weighted by Crippen LogP contribution is -2.39. The van der Waals surface area contributed by atoms with Gasteiger partial charge >= 0.3 is 0 Å². The number of nitrogens with zero attached hydrogens (tertiary/aromatic N) is 5. The van der Waals surface area contributed by atoms with E-state index in [-0.39, 0.29) is 5.91 Å². The van der Waals surface area contributed by atoms with Gasteiger partial charge in [0.15, 0.2) is 5.65 Å². The predicted molar refractivity (Wildman–Crippen MR) is 104 cm³/mol. The average Bonchev–Trinajstić information content (AvgIpc) is 2.97. The molecule has 0 aliphatic carbocycles. The fraction of sp³-hybridized carbons (Fsp3) is 0.250. The standard InChI is InChI=1S/C20H21N5O/c1-3-18(26)23(2)16-12-17-19(21-13-16)22-20(24-10-7-11-24)25(17)14-15-8-5-4-6-9-15/h3-6,8-9,12-13H,1,7,10-11,14H2,2H3. The van der Waals surface area contributed by atoms with Gasteiger partial charge in [-0.05, 0) is 24.1 Å². The summed E-state index contributed by atoms with van der Waals surface area (Å²) in [4.78, 5) is 25.0. The number of carbonyl (C=O) groups is 1. The quantitative estimate of drug-likeness (QED) is 0.666. The third kappa shape index (κ3) is 2.83. The molecule has 3 aromatic rings. The van der Waals surface area contributed by atoms with Gasteiger partial charge in [-0.15, -0.1) is 0 Å². The zero-order valence-corrected chi connectivity index (χ0v) is 14.8. The number of pyridine rings is 1. The Balaban J connectivity index is 1.81. The highest BCUT2D eigenvalue weighted by Crippen LogP contribution is 2.28. The van der Waals surface area contributed by atoms with E-state index in [1.54, 1.807) is 18.1 Å². The second-order valence-corrected chi connectivity index (χ2v) is 6.46. The molecule has 0 spiro atoms. The third-order valence-electron chi connectivity index (χ3n) is 4.79. The molecule has 1 saturated heterocycles.